The van der Waals surface area contributed by atoms with Gasteiger partial charge in [0.2, 0.25) is 0 Å². The van der Waals surface area contributed by atoms with Crippen molar-refractivity contribution >= 4 is 36.5 Å². The molecule has 1 N–H and O–H groups in total. The summed E-state index contributed by atoms with van der Waals surface area (Å²) in [6, 6.07) is 2.36. The number of hydrogen-bond donors (Lipinski definition) is 1. The highest BCUT2D eigenvalue weighted by Gasteiger charge is 2.39. The summed E-state index contributed by atoms with van der Waals surface area (Å²) in [5.41, 5.74) is -3.07. The summed E-state index contributed by atoms with van der Waals surface area (Å²) < 4.78 is 92.1. The molecular weight excluding hydrogens is 516 g/mol. The van der Waals surface area contributed by atoms with E-state index in [0.717, 1.165) is 18.1 Å². The van der Waals surface area contributed by atoms with E-state index in [1.807, 2.05) is 0 Å². The Morgan fingerprint density at radius 1 is 0.971 bits per heavy atom. The first kappa shape index (κ1) is 29.7. The first-order chi connectivity index (χ1) is 14.8. The van der Waals surface area contributed by atoms with Crippen LogP contribution in [0.3, 0.4) is 0 Å². The molecule has 0 saturated carbocycles. The maximum atomic E-state index is 13.2. The number of likely N-dealkylation sites (N-methyl/N-ethyl adjacent to an activating group) is 1. The molecule has 1 aliphatic heterocycles. The summed E-state index contributed by atoms with van der Waals surface area (Å²) >= 11 is 0. The number of carbonyl (C=O) groups excluding carboxylic acids is 1. The van der Waals surface area contributed by atoms with Crippen molar-refractivity contribution in [2.45, 2.75) is 24.3 Å². The minimum Gasteiger partial charge on any atom is -0.322 e. The minimum atomic E-state index is -5.03. The predicted octanol–water partition coefficient (Wildman–Crippen LogP) is 5.35. The van der Waals surface area contributed by atoms with Gasteiger partial charge < -0.3 is 10.2 Å². The van der Waals surface area contributed by atoms with Gasteiger partial charge in [-0.1, -0.05) is 0 Å². The average Bonchev–Trinajstić information content (AvgIpc) is 3.21. The fourth-order valence-corrected chi connectivity index (χ4v) is 3.60. The van der Waals surface area contributed by atoms with Gasteiger partial charge in [0.25, 0.3) is 0 Å². The van der Waals surface area contributed by atoms with Crippen molar-refractivity contribution in [3.63, 3.8) is 0 Å². The molecule has 14 heteroatoms. The lowest BCUT2D eigenvalue weighted by Gasteiger charge is -2.32. The van der Waals surface area contributed by atoms with Gasteiger partial charge in [0.1, 0.15) is 5.82 Å². The molecule has 0 spiro atoms. The van der Waals surface area contributed by atoms with Crippen molar-refractivity contribution < 1.29 is 35.5 Å². The van der Waals surface area contributed by atoms with Crippen molar-refractivity contribution in [2.24, 2.45) is 0 Å². The van der Waals surface area contributed by atoms with Crippen LogP contribution in [0.4, 0.5) is 41.2 Å². The van der Waals surface area contributed by atoms with E-state index in [-0.39, 0.29) is 36.8 Å². The number of carbonyl (C=O) groups is 1. The van der Waals surface area contributed by atoms with Crippen LogP contribution in [0, 0.1) is 5.82 Å². The standard InChI is InChI=1S/C20H19F7N4O.2ClH/c1-30(14-6-11(19(22,23)24)5-12(7-14)20(25,26)27)18(32)31(2)17-10-28-9-15(17)16-4-3-13(21)8-29-16;;/h3-8,15,17,28H,9-10H2,1-2H3;2*1H/t15-,17-;;/m1../s1. The Bertz CT molecular complexity index is 954. The van der Waals surface area contributed by atoms with Gasteiger partial charge in [-0.3, -0.25) is 9.88 Å². The fraction of sp³-hybridized carbons (Fsp3) is 0.400. The zero-order chi connectivity index (χ0) is 23.8. The van der Waals surface area contributed by atoms with Crippen LogP contribution in [0.5, 0.6) is 0 Å². The highest BCUT2D eigenvalue weighted by Crippen LogP contribution is 2.38. The van der Waals surface area contributed by atoms with E-state index >= 15 is 0 Å². The van der Waals surface area contributed by atoms with Crippen LogP contribution in [0.2, 0.25) is 0 Å². The van der Waals surface area contributed by atoms with E-state index < -0.39 is 47.1 Å². The molecule has 1 aliphatic rings. The van der Waals surface area contributed by atoms with Crippen molar-refractivity contribution in [3.8, 4) is 0 Å². The molecule has 2 heterocycles. The van der Waals surface area contributed by atoms with Crippen molar-refractivity contribution in [1.82, 2.24) is 15.2 Å². The summed E-state index contributed by atoms with van der Waals surface area (Å²) in [7, 11) is 2.49. The van der Waals surface area contributed by atoms with Gasteiger partial charge in [0, 0.05) is 44.5 Å². The lowest BCUT2D eigenvalue weighted by molar-refractivity contribution is -0.143. The van der Waals surface area contributed by atoms with E-state index in [0.29, 0.717) is 30.9 Å². The SMILES string of the molecule is CN(C(=O)N(C)[C@@H]1CNC[C@@H]1c1ccc(F)cn1)c1cc(C(F)(F)F)cc(C(F)(F)F)c1.Cl.Cl. The minimum absolute atomic E-state index is 0. The predicted molar refractivity (Wildman–Crippen MR) is 116 cm³/mol. The summed E-state index contributed by atoms with van der Waals surface area (Å²) in [5.74, 6) is -0.879. The van der Waals surface area contributed by atoms with Crippen LogP contribution in [-0.2, 0) is 12.4 Å². The van der Waals surface area contributed by atoms with Gasteiger partial charge in [-0.2, -0.15) is 26.3 Å². The van der Waals surface area contributed by atoms with Crippen LogP contribution in [0.15, 0.2) is 36.5 Å². The van der Waals surface area contributed by atoms with Gasteiger partial charge in [0.05, 0.1) is 23.4 Å². The molecule has 190 valence electrons. The van der Waals surface area contributed by atoms with E-state index in [1.54, 1.807) is 0 Å². The molecular formula is C20H21Cl2F7N4O. The van der Waals surface area contributed by atoms with Gasteiger partial charge in [-0.25, -0.2) is 9.18 Å². The van der Waals surface area contributed by atoms with Gasteiger partial charge >= 0.3 is 18.4 Å². The van der Waals surface area contributed by atoms with E-state index in [4.69, 9.17) is 0 Å². The molecule has 5 nitrogen and oxygen atoms in total. The number of pyridine rings is 1. The number of rotatable bonds is 3. The van der Waals surface area contributed by atoms with Crippen LogP contribution in [0.1, 0.15) is 22.7 Å². The number of nitrogens with one attached hydrogen (secondary N) is 1. The largest absolute Gasteiger partial charge is 0.416 e. The normalized spacial score (nSPS) is 18.0. The number of amides is 2. The Morgan fingerprint density at radius 2 is 1.53 bits per heavy atom. The van der Waals surface area contributed by atoms with Gasteiger partial charge in [0.15, 0.2) is 0 Å². The van der Waals surface area contributed by atoms with Gasteiger partial charge in [-0.05, 0) is 30.3 Å². The van der Waals surface area contributed by atoms with Crippen LogP contribution in [-0.4, -0.2) is 49.1 Å². The Labute approximate surface area is 203 Å². The second-order valence-electron chi connectivity index (χ2n) is 7.45. The monoisotopic (exact) mass is 536 g/mol. The Balaban J connectivity index is 0.00000289. The third-order valence-electron chi connectivity index (χ3n) is 5.36. The highest BCUT2D eigenvalue weighted by atomic mass is 35.5. The molecule has 0 bridgehead atoms. The second kappa shape index (κ2) is 11.0. The number of nitrogens with zero attached hydrogens (tertiary/aromatic N) is 3. The number of anilines is 1. The third kappa shape index (κ3) is 6.42. The number of urea groups is 1. The van der Waals surface area contributed by atoms with Crippen LogP contribution >= 0.6 is 24.8 Å². The fourth-order valence-electron chi connectivity index (χ4n) is 3.60. The lowest BCUT2D eigenvalue weighted by atomic mass is 9.98. The van der Waals surface area contributed by atoms with Crippen molar-refractivity contribution in [1.29, 1.82) is 0 Å². The van der Waals surface area contributed by atoms with Gasteiger partial charge in [-0.15, -0.1) is 24.8 Å². The Kier molecular flexibility index (Phi) is 9.58. The van der Waals surface area contributed by atoms with E-state index in [1.165, 1.54) is 24.1 Å². The molecule has 34 heavy (non-hydrogen) atoms. The Hall–Kier alpha value is -2.31. The molecule has 1 aromatic carbocycles. The molecule has 2 atom stereocenters. The molecule has 1 aromatic heterocycles. The maximum absolute atomic E-state index is 13.2. The molecule has 1 saturated heterocycles. The van der Waals surface area contributed by atoms with Crippen molar-refractivity contribution in [2.75, 3.05) is 32.1 Å². The molecule has 3 rings (SSSR count). The van der Waals surface area contributed by atoms with E-state index in [2.05, 4.69) is 10.3 Å². The lowest BCUT2D eigenvalue weighted by Crippen LogP contribution is -2.47. The summed E-state index contributed by atoms with van der Waals surface area (Å²) in [5, 5.41) is 3.06. The zero-order valence-electron chi connectivity index (χ0n) is 17.7. The number of halogens is 9. The molecule has 2 amide bonds. The quantitative estimate of drug-likeness (QED) is 0.538. The molecule has 2 aromatic rings. The van der Waals surface area contributed by atoms with E-state index in [9.17, 15) is 35.5 Å². The third-order valence-corrected chi connectivity index (χ3v) is 5.36. The Morgan fingerprint density at radius 3 is 2.00 bits per heavy atom. The number of alkyl halides is 6. The second-order valence-corrected chi connectivity index (χ2v) is 7.45. The zero-order valence-corrected chi connectivity index (χ0v) is 19.4. The molecule has 0 unspecified atom stereocenters. The summed E-state index contributed by atoms with van der Waals surface area (Å²) in [6.45, 7) is 0.725. The highest BCUT2D eigenvalue weighted by molar-refractivity contribution is 5.92. The number of benzene rings is 1. The van der Waals surface area contributed by atoms with Crippen LogP contribution in [0.25, 0.3) is 0 Å². The first-order valence-corrected chi connectivity index (χ1v) is 9.41. The first-order valence-electron chi connectivity index (χ1n) is 9.41. The molecule has 0 aliphatic carbocycles. The number of aromatic nitrogens is 1. The maximum Gasteiger partial charge on any atom is 0.416 e. The van der Waals surface area contributed by atoms with Crippen molar-refractivity contribution in [3.05, 3.63) is 59.2 Å². The summed E-state index contributed by atoms with van der Waals surface area (Å²) in [4.78, 5) is 18.9. The number of hydrogen-bond acceptors (Lipinski definition) is 3. The summed E-state index contributed by atoms with van der Waals surface area (Å²) in [6.07, 6.45) is -9.03. The topological polar surface area (TPSA) is 48.5 Å². The smallest absolute Gasteiger partial charge is 0.322 e. The van der Waals surface area contributed by atoms with Crippen LogP contribution < -0.4 is 10.2 Å². The molecule has 0 radical (unpaired) electrons. The average molecular weight is 537 g/mol. The molecule has 1 fully saturated rings.